The maximum absolute atomic E-state index is 12.0. The summed E-state index contributed by atoms with van der Waals surface area (Å²) in [5.74, 6) is 0.436. The highest BCUT2D eigenvalue weighted by molar-refractivity contribution is 5.94. The van der Waals surface area contributed by atoms with Crippen LogP contribution in [0.15, 0.2) is 42.5 Å². The number of anilines is 2. The van der Waals surface area contributed by atoms with Crippen LogP contribution in [0.4, 0.5) is 11.4 Å². The van der Waals surface area contributed by atoms with Crippen molar-refractivity contribution in [3.63, 3.8) is 0 Å². The molecule has 4 heteroatoms. The van der Waals surface area contributed by atoms with Crippen molar-refractivity contribution in [1.82, 2.24) is 0 Å². The van der Waals surface area contributed by atoms with Crippen molar-refractivity contribution in [3.05, 3.63) is 53.6 Å². The molecule has 0 fully saturated rings. The minimum Gasteiger partial charge on any atom is -0.484 e. The Bertz CT molecular complexity index is 686. The summed E-state index contributed by atoms with van der Waals surface area (Å²) in [6.45, 7) is 8.36. The van der Waals surface area contributed by atoms with Crippen LogP contribution < -0.4 is 15.8 Å². The molecule has 0 spiro atoms. The van der Waals surface area contributed by atoms with Crippen LogP contribution in [-0.2, 0) is 10.2 Å². The largest absolute Gasteiger partial charge is 0.484 e. The number of carbonyl (C=O) groups excluding carboxylic acids is 1. The van der Waals surface area contributed by atoms with Crippen LogP contribution >= 0.6 is 0 Å². The summed E-state index contributed by atoms with van der Waals surface area (Å²) in [4.78, 5) is 12.0. The lowest BCUT2D eigenvalue weighted by Gasteiger charge is -2.19. The summed E-state index contributed by atoms with van der Waals surface area (Å²) in [7, 11) is 0. The summed E-state index contributed by atoms with van der Waals surface area (Å²) in [6.07, 6.45) is 0. The summed E-state index contributed by atoms with van der Waals surface area (Å²) in [5.41, 5.74) is 9.40. The molecule has 0 atom stereocenters. The van der Waals surface area contributed by atoms with Crippen LogP contribution in [-0.4, -0.2) is 12.5 Å². The van der Waals surface area contributed by atoms with E-state index in [1.54, 1.807) is 6.07 Å². The highest BCUT2D eigenvalue weighted by Gasteiger charge is 2.13. The van der Waals surface area contributed by atoms with Gasteiger partial charge in [-0.05, 0) is 47.7 Å². The van der Waals surface area contributed by atoms with Gasteiger partial charge in [0.05, 0.1) is 11.4 Å². The smallest absolute Gasteiger partial charge is 0.262 e. The monoisotopic (exact) mass is 312 g/mol. The lowest BCUT2D eigenvalue weighted by molar-refractivity contribution is -0.118. The maximum Gasteiger partial charge on any atom is 0.262 e. The predicted octanol–water partition coefficient (Wildman–Crippen LogP) is 3.89. The van der Waals surface area contributed by atoms with E-state index < -0.39 is 0 Å². The fourth-order valence-corrected chi connectivity index (χ4v) is 2.18. The van der Waals surface area contributed by atoms with E-state index in [-0.39, 0.29) is 17.9 Å². The van der Waals surface area contributed by atoms with Crippen molar-refractivity contribution in [2.45, 2.75) is 33.1 Å². The predicted molar refractivity (Wildman–Crippen MR) is 94.9 cm³/mol. The van der Waals surface area contributed by atoms with Gasteiger partial charge in [-0.25, -0.2) is 0 Å². The van der Waals surface area contributed by atoms with E-state index in [1.165, 1.54) is 5.56 Å². The third-order valence-corrected chi connectivity index (χ3v) is 3.57. The molecule has 2 rings (SSSR count). The second-order valence-corrected chi connectivity index (χ2v) is 6.70. The molecular formula is C19H24N2O2. The first-order valence-corrected chi connectivity index (χ1v) is 7.65. The van der Waals surface area contributed by atoms with E-state index in [4.69, 9.17) is 10.5 Å². The Morgan fingerprint density at radius 1 is 1.13 bits per heavy atom. The molecule has 1 amide bonds. The second-order valence-electron chi connectivity index (χ2n) is 6.70. The van der Waals surface area contributed by atoms with Crippen molar-refractivity contribution >= 4 is 17.3 Å². The van der Waals surface area contributed by atoms with Gasteiger partial charge in [-0.2, -0.15) is 0 Å². The molecule has 2 aromatic rings. The topological polar surface area (TPSA) is 64.3 Å². The van der Waals surface area contributed by atoms with E-state index in [2.05, 4.69) is 26.1 Å². The molecule has 3 N–H and O–H groups in total. The zero-order valence-electron chi connectivity index (χ0n) is 14.1. The number of nitrogens with two attached hydrogens (primary N) is 1. The average molecular weight is 312 g/mol. The SMILES string of the molecule is Cc1ccc(NC(=O)COc2ccc(C(C)(C)C)cc2)c(N)c1. The van der Waals surface area contributed by atoms with E-state index in [9.17, 15) is 4.79 Å². The zero-order valence-corrected chi connectivity index (χ0v) is 14.1. The van der Waals surface area contributed by atoms with Crippen molar-refractivity contribution in [1.29, 1.82) is 0 Å². The van der Waals surface area contributed by atoms with Crippen LogP contribution in [0.25, 0.3) is 0 Å². The van der Waals surface area contributed by atoms with Gasteiger partial charge in [-0.3, -0.25) is 4.79 Å². The Kier molecular flexibility index (Phi) is 4.94. The van der Waals surface area contributed by atoms with Gasteiger partial charge in [-0.15, -0.1) is 0 Å². The summed E-state index contributed by atoms with van der Waals surface area (Å²) in [6, 6.07) is 13.3. The van der Waals surface area contributed by atoms with Gasteiger partial charge in [-0.1, -0.05) is 39.0 Å². The Morgan fingerprint density at radius 2 is 1.78 bits per heavy atom. The molecular weight excluding hydrogens is 288 g/mol. The van der Waals surface area contributed by atoms with Crippen LogP contribution in [0, 0.1) is 6.92 Å². The molecule has 23 heavy (non-hydrogen) atoms. The summed E-state index contributed by atoms with van der Waals surface area (Å²) >= 11 is 0. The van der Waals surface area contributed by atoms with Crippen LogP contribution in [0.2, 0.25) is 0 Å². The molecule has 0 aliphatic heterocycles. The fourth-order valence-electron chi connectivity index (χ4n) is 2.18. The van der Waals surface area contributed by atoms with Crippen molar-refractivity contribution in [2.24, 2.45) is 0 Å². The fraction of sp³-hybridized carbons (Fsp3) is 0.316. The van der Waals surface area contributed by atoms with E-state index >= 15 is 0 Å². The minimum atomic E-state index is -0.236. The number of benzene rings is 2. The first kappa shape index (κ1) is 16.9. The number of nitrogen functional groups attached to an aromatic ring is 1. The van der Waals surface area contributed by atoms with Crippen LogP contribution in [0.1, 0.15) is 31.9 Å². The zero-order chi connectivity index (χ0) is 17.0. The number of rotatable bonds is 4. The molecule has 2 aromatic carbocycles. The van der Waals surface area contributed by atoms with Crippen molar-refractivity contribution in [3.8, 4) is 5.75 Å². The molecule has 0 unspecified atom stereocenters. The minimum absolute atomic E-state index is 0.0534. The number of hydrogen-bond acceptors (Lipinski definition) is 3. The van der Waals surface area contributed by atoms with E-state index in [0.717, 1.165) is 5.56 Å². The van der Waals surface area contributed by atoms with Gasteiger partial charge in [0.25, 0.3) is 5.91 Å². The van der Waals surface area contributed by atoms with Gasteiger partial charge in [0.15, 0.2) is 6.61 Å². The average Bonchev–Trinajstić information content (AvgIpc) is 2.47. The molecule has 0 saturated carbocycles. The normalized spacial score (nSPS) is 11.1. The number of amides is 1. The Morgan fingerprint density at radius 3 is 2.35 bits per heavy atom. The molecule has 0 saturated heterocycles. The molecule has 0 aliphatic rings. The van der Waals surface area contributed by atoms with Gasteiger partial charge < -0.3 is 15.8 Å². The molecule has 0 radical (unpaired) electrons. The molecule has 122 valence electrons. The van der Waals surface area contributed by atoms with Gasteiger partial charge >= 0.3 is 0 Å². The Hall–Kier alpha value is -2.49. The molecule has 0 heterocycles. The second kappa shape index (κ2) is 6.73. The van der Waals surface area contributed by atoms with Gasteiger partial charge in [0.2, 0.25) is 0 Å². The summed E-state index contributed by atoms with van der Waals surface area (Å²) < 4.78 is 5.52. The standard InChI is InChI=1S/C19H24N2O2/c1-13-5-10-17(16(20)11-13)21-18(22)12-23-15-8-6-14(7-9-15)19(2,3)4/h5-11H,12,20H2,1-4H3,(H,21,22). The van der Waals surface area contributed by atoms with Crippen LogP contribution in [0.3, 0.4) is 0 Å². The van der Waals surface area contributed by atoms with E-state index in [0.29, 0.717) is 17.1 Å². The number of nitrogens with one attached hydrogen (secondary N) is 1. The molecule has 0 aliphatic carbocycles. The lowest BCUT2D eigenvalue weighted by Crippen LogP contribution is -2.21. The number of aryl methyl sites for hydroxylation is 1. The molecule has 0 aromatic heterocycles. The molecule has 0 bridgehead atoms. The Labute approximate surface area is 137 Å². The number of hydrogen-bond donors (Lipinski definition) is 2. The molecule has 4 nitrogen and oxygen atoms in total. The first-order chi connectivity index (χ1) is 10.8. The first-order valence-electron chi connectivity index (χ1n) is 7.65. The van der Waals surface area contributed by atoms with Crippen molar-refractivity contribution < 1.29 is 9.53 Å². The quantitative estimate of drug-likeness (QED) is 0.842. The van der Waals surface area contributed by atoms with Crippen LogP contribution in [0.5, 0.6) is 5.75 Å². The van der Waals surface area contributed by atoms with Gasteiger partial charge in [0.1, 0.15) is 5.75 Å². The third kappa shape index (κ3) is 4.74. The van der Waals surface area contributed by atoms with E-state index in [1.807, 2.05) is 43.3 Å². The Balaban J connectivity index is 1.91. The van der Waals surface area contributed by atoms with Gasteiger partial charge in [0, 0.05) is 0 Å². The number of ether oxygens (including phenoxy) is 1. The summed E-state index contributed by atoms with van der Waals surface area (Å²) in [5, 5.41) is 2.75. The highest BCUT2D eigenvalue weighted by atomic mass is 16.5. The highest BCUT2D eigenvalue weighted by Crippen LogP contribution is 2.24. The third-order valence-electron chi connectivity index (χ3n) is 3.57. The lowest BCUT2D eigenvalue weighted by atomic mass is 9.87. The number of carbonyl (C=O) groups is 1. The maximum atomic E-state index is 12.0. The van der Waals surface area contributed by atoms with Crippen molar-refractivity contribution in [2.75, 3.05) is 17.7 Å².